The van der Waals surface area contributed by atoms with Crippen LogP contribution in [0.5, 0.6) is 0 Å². The maximum atomic E-state index is 11.4. The molecule has 4 unspecified atom stereocenters. The zero-order chi connectivity index (χ0) is 49.4. The zero-order valence-corrected chi connectivity index (χ0v) is 46.2. The molecule has 10 nitrogen and oxygen atoms in total. The van der Waals surface area contributed by atoms with Gasteiger partial charge in [-0.3, -0.25) is 30.5 Å². The molecular formula is C58H122N6O4. The molecule has 1 rings (SSSR count). The Kier molecular flexibility index (Phi) is 48.4. The number of nitrogens with zero attached hydrogens (tertiary/aromatic N) is 4. The van der Waals surface area contributed by atoms with E-state index in [0.29, 0.717) is 26.2 Å². The first-order valence-electron chi connectivity index (χ1n) is 30.4. The fraction of sp³-hybridized carbons (Fsp3) is 1.00. The number of aliphatic hydroxyl groups is 4. The van der Waals surface area contributed by atoms with Crippen molar-refractivity contribution >= 4 is 0 Å². The minimum absolute atomic E-state index is 0.285. The van der Waals surface area contributed by atoms with Crippen LogP contribution in [0.4, 0.5) is 0 Å². The molecule has 1 aliphatic heterocycles. The van der Waals surface area contributed by atoms with E-state index in [2.05, 4.69) is 58.1 Å². The van der Waals surface area contributed by atoms with Gasteiger partial charge < -0.3 is 20.4 Å². The molecule has 0 aromatic carbocycles. The molecule has 0 bridgehead atoms. The van der Waals surface area contributed by atoms with Gasteiger partial charge in [-0.25, -0.2) is 0 Å². The van der Waals surface area contributed by atoms with Gasteiger partial charge in [0.05, 0.1) is 24.4 Å². The van der Waals surface area contributed by atoms with Gasteiger partial charge in [-0.05, 0) is 25.7 Å². The number of nitrogens with one attached hydrogen (secondary N) is 2. The first-order chi connectivity index (χ1) is 33.3. The molecular weight excluding hydrogens is 845 g/mol. The maximum Gasteiger partial charge on any atom is 0.0678 e. The molecule has 0 saturated carbocycles. The van der Waals surface area contributed by atoms with Gasteiger partial charge in [0.25, 0.3) is 0 Å². The first-order valence-corrected chi connectivity index (χ1v) is 30.4. The molecule has 408 valence electrons. The van der Waals surface area contributed by atoms with Crippen molar-refractivity contribution in [1.82, 2.24) is 30.5 Å². The molecule has 1 aliphatic rings. The van der Waals surface area contributed by atoms with Crippen molar-refractivity contribution in [2.45, 2.75) is 283 Å². The van der Waals surface area contributed by atoms with Crippen LogP contribution in [0.3, 0.4) is 0 Å². The second-order valence-electron chi connectivity index (χ2n) is 21.7. The van der Waals surface area contributed by atoms with E-state index in [1.807, 2.05) is 0 Å². The Morgan fingerprint density at radius 3 is 1.00 bits per heavy atom. The van der Waals surface area contributed by atoms with Crippen molar-refractivity contribution in [2.75, 3.05) is 91.6 Å². The molecule has 0 aromatic rings. The van der Waals surface area contributed by atoms with Crippen LogP contribution in [0.25, 0.3) is 0 Å². The standard InChI is InChI=1S/C58H122N6O4/c1-5-9-13-17-21-25-29-33-37-55(65)51-60-59-41-42-61-43-45-62(46-44-61)47-48-63(52-56(66)38-34-30-26-22-18-14-10-6-2)49-50-64(53-57(67)39-35-31-27-23-19-15-11-7-3)54-58(68)40-36-32-28-24-20-16-12-8-4/h55-60,65-68H,5-54H2,1-4H3. The highest BCUT2D eigenvalue weighted by Gasteiger charge is 2.21. The smallest absolute Gasteiger partial charge is 0.0678 e. The number of piperazine rings is 1. The van der Waals surface area contributed by atoms with E-state index < -0.39 is 0 Å². The lowest BCUT2D eigenvalue weighted by atomic mass is 10.0. The van der Waals surface area contributed by atoms with Crippen molar-refractivity contribution in [3.05, 3.63) is 0 Å². The summed E-state index contributed by atoms with van der Waals surface area (Å²) in [6, 6.07) is 0. The third kappa shape index (κ3) is 43.2. The van der Waals surface area contributed by atoms with Crippen LogP contribution in [0, 0.1) is 0 Å². The lowest BCUT2D eigenvalue weighted by molar-refractivity contribution is 0.0448. The Labute approximate surface area is 424 Å². The van der Waals surface area contributed by atoms with Crippen LogP contribution in [0.15, 0.2) is 0 Å². The summed E-state index contributed by atoms with van der Waals surface area (Å²) >= 11 is 0. The average Bonchev–Trinajstić information content (AvgIpc) is 3.33. The Bertz CT molecular complexity index is 964. The van der Waals surface area contributed by atoms with Crippen molar-refractivity contribution in [2.24, 2.45) is 0 Å². The predicted molar refractivity (Wildman–Crippen MR) is 295 cm³/mol. The third-order valence-corrected chi connectivity index (χ3v) is 14.9. The molecule has 0 amide bonds. The third-order valence-electron chi connectivity index (χ3n) is 14.9. The number of unbranched alkanes of at least 4 members (excludes halogenated alkanes) is 28. The van der Waals surface area contributed by atoms with Crippen LogP contribution in [-0.2, 0) is 0 Å². The van der Waals surface area contributed by atoms with Crippen molar-refractivity contribution in [1.29, 1.82) is 0 Å². The van der Waals surface area contributed by atoms with Crippen molar-refractivity contribution in [3.63, 3.8) is 0 Å². The fourth-order valence-electron chi connectivity index (χ4n) is 10.2. The normalized spacial score (nSPS) is 15.8. The minimum Gasteiger partial charge on any atom is -0.392 e. The molecule has 0 aromatic heterocycles. The zero-order valence-electron chi connectivity index (χ0n) is 46.2. The summed E-state index contributed by atoms with van der Waals surface area (Å²) in [5, 5.41) is 44.4. The second kappa shape index (κ2) is 50.1. The first kappa shape index (κ1) is 65.6. The molecule has 0 aliphatic carbocycles. The maximum absolute atomic E-state index is 11.4. The van der Waals surface area contributed by atoms with Gasteiger partial charge in [0.2, 0.25) is 0 Å². The Morgan fingerprint density at radius 2 is 0.632 bits per heavy atom. The molecule has 4 atom stereocenters. The van der Waals surface area contributed by atoms with Crippen LogP contribution in [-0.4, -0.2) is 156 Å². The van der Waals surface area contributed by atoms with Gasteiger partial charge in [0, 0.05) is 91.6 Å². The summed E-state index contributed by atoms with van der Waals surface area (Å²) in [6.45, 7) is 21.3. The summed E-state index contributed by atoms with van der Waals surface area (Å²) in [5.74, 6) is 0. The van der Waals surface area contributed by atoms with Gasteiger partial charge in [-0.15, -0.1) is 0 Å². The number of hydrazine groups is 1. The largest absolute Gasteiger partial charge is 0.392 e. The molecule has 1 fully saturated rings. The number of hydrogen-bond donors (Lipinski definition) is 6. The summed E-state index contributed by atoms with van der Waals surface area (Å²) in [4.78, 5) is 9.98. The quantitative estimate of drug-likeness (QED) is 0.0260. The monoisotopic (exact) mass is 967 g/mol. The predicted octanol–water partition coefficient (Wildman–Crippen LogP) is 11.9. The average molecular weight is 968 g/mol. The SMILES string of the molecule is CCCCCCCCCCC(O)CNNCCN1CCN(CCN(CCN(CC(O)CCCCCCCCCC)CC(O)CCCCCCCCCC)CC(O)CCCCCCCCCC)CC1. The van der Waals surface area contributed by atoms with Crippen molar-refractivity contribution < 1.29 is 20.4 Å². The van der Waals surface area contributed by atoms with E-state index in [-0.39, 0.29) is 24.4 Å². The molecule has 10 heteroatoms. The van der Waals surface area contributed by atoms with Crippen LogP contribution >= 0.6 is 0 Å². The van der Waals surface area contributed by atoms with Crippen LogP contribution in [0.2, 0.25) is 0 Å². The highest BCUT2D eigenvalue weighted by molar-refractivity contribution is 4.77. The lowest BCUT2D eigenvalue weighted by Crippen LogP contribution is -2.51. The molecule has 0 radical (unpaired) electrons. The van der Waals surface area contributed by atoms with Gasteiger partial charge in [-0.2, -0.15) is 0 Å². The number of rotatable bonds is 54. The topological polar surface area (TPSA) is 118 Å². The molecule has 68 heavy (non-hydrogen) atoms. The molecule has 1 saturated heterocycles. The van der Waals surface area contributed by atoms with E-state index >= 15 is 0 Å². The molecule has 1 heterocycles. The highest BCUT2D eigenvalue weighted by atomic mass is 16.3. The summed E-state index contributed by atoms with van der Waals surface area (Å²) < 4.78 is 0. The second-order valence-corrected chi connectivity index (χ2v) is 21.7. The number of aliphatic hydroxyl groups excluding tert-OH is 4. The Morgan fingerprint density at radius 1 is 0.338 bits per heavy atom. The van der Waals surface area contributed by atoms with Crippen LogP contribution < -0.4 is 10.9 Å². The summed E-state index contributed by atoms with van der Waals surface area (Å²) in [7, 11) is 0. The van der Waals surface area contributed by atoms with Gasteiger partial charge in [-0.1, -0.05) is 233 Å². The van der Waals surface area contributed by atoms with E-state index in [1.54, 1.807) is 0 Å². The van der Waals surface area contributed by atoms with E-state index in [4.69, 9.17) is 0 Å². The van der Waals surface area contributed by atoms with E-state index in [9.17, 15) is 20.4 Å². The summed E-state index contributed by atoms with van der Waals surface area (Å²) in [6.07, 6.45) is 43.0. The van der Waals surface area contributed by atoms with Gasteiger partial charge in [0.15, 0.2) is 0 Å². The van der Waals surface area contributed by atoms with Gasteiger partial charge in [0.1, 0.15) is 0 Å². The summed E-state index contributed by atoms with van der Waals surface area (Å²) in [5.41, 5.74) is 6.63. The number of hydrogen-bond acceptors (Lipinski definition) is 10. The van der Waals surface area contributed by atoms with Crippen molar-refractivity contribution in [3.8, 4) is 0 Å². The highest BCUT2D eigenvalue weighted by Crippen LogP contribution is 2.16. The molecule has 0 spiro atoms. The van der Waals surface area contributed by atoms with E-state index in [0.717, 1.165) is 117 Å². The lowest BCUT2D eigenvalue weighted by Gasteiger charge is -2.36. The Balaban J connectivity index is 2.68. The van der Waals surface area contributed by atoms with Gasteiger partial charge >= 0.3 is 0 Å². The minimum atomic E-state index is -0.371. The van der Waals surface area contributed by atoms with E-state index in [1.165, 1.54) is 180 Å². The molecule has 6 N–H and O–H groups in total. The Hall–Kier alpha value is -0.400. The van der Waals surface area contributed by atoms with Crippen LogP contribution in [0.1, 0.15) is 259 Å². The fourth-order valence-corrected chi connectivity index (χ4v) is 10.2.